The molecule has 0 saturated carbocycles. The summed E-state index contributed by atoms with van der Waals surface area (Å²) in [6, 6.07) is 4.72. The molecule has 0 fully saturated rings. The van der Waals surface area contributed by atoms with Crippen molar-refractivity contribution in [1.82, 2.24) is 5.32 Å². The smallest absolute Gasteiger partial charge is 0.408 e. The molecule has 0 saturated heterocycles. The van der Waals surface area contributed by atoms with Gasteiger partial charge in [-0.1, -0.05) is 0 Å². The molecule has 19 heavy (non-hydrogen) atoms. The van der Waals surface area contributed by atoms with Gasteiger partial charge in [-0.05, 0) is 36.2 Å². The number of carbonyl (C=O) groups is 2. The number of nitro groups is 1. The second-order valence-electron chi connectivity index (χ2n) is 3.67. The van der Waals surface area contributed by atoms with Crippen molar-refractivity contribution in [3.05, 3.63) is 39.9 Å². The fraction of sp³-hybridized carbons (Fsp3) is 0.273. The van der Waals surface area contributed by atoms with E-state index >= 15 is 0 Å². The predicted molar refractivity (Wildman–Crippen MR) is 66.7 cm³/mol. The summed E-state index contributed by atoms with van der Waals surface area (Å²) in [6.07, 6.45) is -0.792. The molecule has 1 aromatic rings. The fourth-order valence-electron chi connectivity index (χ4n) is 1.14. The standard InChI is InChI=1S/C11H11ClN2O5/c1-7(10(12)15)13-11(16)19-6-8-2-4-9(5-3-8)14(17)18/h2-5,7H,6H2,1H3,(H,13,16). The van der Waals surface area contributed by atoms with Gasteiger partial charge in [-0.2, -0.15) is 0 Å². The van der Waals surface area contributed by atoms with Gasteiger partial charge in [-0.3, -0.25) is 14.9 Å². The maximum atomic E-state index is 11.3. The van der Waals surface area contributed by atoms with Crippen LogP contribution in [0.3, 0.4) is 0 Å². The Morgan fingerprint density at radius 2 is 2.00 bits per heavy atom. The number of alkyl carbamates (subject to hydrolysis) is 1. The van der Waals surface area contributed by atoms with E-state index in [0.29, 0.717) is 5.56 Å². The van der Waals surface area contributed by atoms with Crippen molar-refractivity contribution in [2.24, 2.45) is 0 Å². The van der Waals surface area contributed by atoms with E-state index in [1.54, 1.807) is 0 Å². The van der Waals surface area contributed by atoms with Crippen LogP contribution in [0.25, 0.3) is 0 Å². The maximum absolute atomic E-state index is 11.3. The van der Waals surface area contributed by atoms with Gasteiger partial charge in [0, 0.05) is 12.1 Å². The number of non-ortho nitro benzene ring substituents is 1. The Bertz CT molecular complexity index is 488. The average molecular weight is 287 g/mol. The zero-order valence-electron chi connectivity index (χ0n) is 9.96. The van der Waals surface area contributed by atoms with Crippen LogP contribution in [0.15, 0.2) is 24.3 Å². The van der Waals surface area contributed by atoms with Crippen molar-refractivity contribution in [1.29, 1.82) is 0 Å². The van der Waals surface area contributed by atoms with Crippen LogP contribution in [0.4, 0.5) is 10.5 Å². The van der Waals surface area contributed by atoms with Crippen molar-refractivity contribution < 1.29 is 19.2 Å². The lowest BCUT2D eigenvalue weighted by Crippen LogP contribution is -2.36. The molecule has 1 aromatic carbocycles. The molecule has 102 valence electrons. The molecule has 1 unspecified atom stereocenters. The van der Waals surface area contributed by atoms with Crippen LogP contribution in [0.5, 0.6) is 0 Å². The van der Waals surface area contributed by atoms with Crippen LogP contribution in [-0.4, -0.2) is 22.3 Å². The van der Waals surface area contributed by atoms with Crippen LogP contribution in [0, 0.1) is 10.1 Å². The van der Waals surface area contributed by atoms with Gasteiger partial charge in [0.05, 0.1) is 4.92 Å². The number of nitro benzene ring substituents is 1. The Morgan fingerprint density at radius 1 is 1.42 bits per heavy atom. The summed E-state index contributed by atoms with van der Waals surface area (Å²) in [5, 5.41) is 12.0. The highest BCUT2D eigenvalue weighted by Gasteiger charge is 2.14. The van der Waals surface area contributed by atoms with Crippen LogP contribution < -0.4 is 5.32 Å². The summed E-state index contributed by atoms with van der Waals surface area (Å²) < 4.78 is 4.82. The molecule has 8 heteroatoms. The van der Waals surface area contributed by atoms with Crippen LogP contribution >= 0.6 is 11.6 Å². The summed E-state index contributed by atoms with van der Waals surface area (Å²) in [7, 11) is 0. The largest absolute Gasteiger partial charge is 0.445 e. The molecule has 0 aromatic heterocycles. The predicted octanol–water partition coefficient (Wildman–Crippen LogP) is 1.97. The number of benzene rings is 1. The van der Waals surface area contributed by atoms with Crippen LogP contribution in [0.1, 0.15) is 12.5 Å². The summed E-state index contributed by atoms with van der Waals surface area (Å²) in [6.45, 7) is 1.36. The van der Waals surface area contributed by atoms with Crippen molar-refractivity contribution >= 4 is 28.6 Å². The van der Waals surface area contributed by atoms with Gasteiger partial charge in [-0.15, -0.1) is 0 Å². The summed E-state index contributed by atoms with van der Waals surface area (Å²) >= 11 is 5.16. The Kier molecular flexibility index (Phi) is 5.25. The van der Waals surface area contributed by atoms with Crippen LogP contribution in [0.2, 0.25) is 0 Å². The first kappa shape index (κ1) is 14.9. The molecule has 1 atom stereocenters. The van der Waals surface area contributed by atoms with Gasteiger partial charge < -0.3 is 10.1 Å². The minimum Gasteiger partial charge on any atom is -0.445 e. The molecule has 0 aliphatic rings. The van der Waals surface area contributed by atoms with E-state index in [1.165, 1.54) is 31.2 Å². The minimum absolute atomic E-state index is 0.0467. The van der Waals surface area contributed by atoms with Gasteiger partial charge in [-0.25, -0.2) is 4.79 Å². The third-order valence-corrected chi connectivity index (χ3v) is 2.52. The first-order valence-corrected chi connectivity index (χ1v) is 5.64. The normalized spacial score (nSPS) is 11.5. The highest BCUT2D eigenvalue weighted by molar-refractivity contribution is 6.64. The lowest BCUT2D eigenvalue weighted by Gasteiger charge is -2.09. The Hall–Kier alpha value is -2.15. The summed E-state index contributed by atoms with van der Waals surface area (Å²) in [5.74, 6) is 0. The molecule has 0 heterocycles. The van der Waals surface area contributed by atoms with Crippen molar-refractivity contribution in [3.8, 4) is 0 Å². The fourth-order valence-corrected chi connectivity index (χ4v) is 1.19. The van der Waals surface area contributed by atoms with Gasteiger partial charge in [0.15, 0.2) is 0 Å². The van der Waals surface area contributed by atoms with Gasteiger partial charge in [0.2, 0.25) is 5.24 Å². The van der Waals surface area contributed by atoms with Gasteiger partial charge in [0.1, 0.15) is 12.6 Å². The molecule has 1 rings (SSSR count). The lowest BCUT2D eigenvalue weighted by atomic mass is 10.2. The molecule has 0 spiro atoms. The third-order valence-electron chi connectivity index (χ3n) is 2.19. The molecule has 0 aliphatic carbocycles. The van der Waals surface area contributed by atoms with Crippen molar-refractivity contribution in [3.63, 3.8) is 0 Å². The molecule has 0 aliphatic heterocycles. The molecule has 7 nitrogen and oxygen atoms in total. The van der Waals surface area contributed by atoms with Crippen molar-refractivity contribution in [2.45, 2.75) is 19.6 Å². The number of halogens is 1. The molecular weight excluding hydrogens is 276 g/mol. The SMILES string of the molecule is CC(NC(=O)OCc1ccc([N+](=O)[O-])cc1)C(=O)Cl. The maximum Gasteiger partial charge on any atom is 0.408 e. The summed E-state index contributed by atoms with van der Waals surface area (Å²) in [5.41, 5.74) is 0.542. The number of nitrogens with one attached hydrogen (secondary N) is 1. The first-order chi connectivity index (χ1) is 8.90. The number of amides is 1. The number of ether oxygens (including phenoxy) is 1. The molecule has 1 amide bonds. The number of nitrogens with zero attached hydrogens (tertiary/aromatic N) is 1. The van der Waals surface area contributed by atoms with Gasteiger partial charge >= 0.3 is 6.09 Å². The highest BCUT2D eigenvalue weighted by Crippen LogP contribution is 2.12. The van der Waals surface area contributed by atoms with E-state index in [4.69, 9.17) is 16.3 Å². The topological polar surface area (TPSA) is 98.5 Å². The Labute approximate surface area is 113 Å². The highest BCUT2D eigenvalue weighted by atomic mass is 35.5. The number of hydrogen-bond donors (Lipinski definition) is 1. The van der Waals surface area contributed by atoms with E-state index in [1.807, 2.05) is 0 Å². The van der Waals surface area contributed by atoms with Crippen molar-refractivity contribution in [2.75, 3.05) is 0 Å². The van der Waals surface area contributed by atoms with E-state index in [0.717, 1.165) is 0 Å². The Morgan fingerprint density at radius 3 is 2.47 bits per heavy atom. The van der Waals surface area contributed by atoms with E-state index in [9.17, 15) is 19.7 Å². The third kappa shape index (κ3) is 4.92. The number of hydrogen-bond acceptors (Lipinski definition) is 5. The average Bonchev–Trinajstić information content (AvgIpc) is 2.36. The molecule has 0 radical (unpaired) electrons. The zero-order valence-corrected chi connectivity index (χ0v) is 10.7. The second kappa shape index (κ2) is 6.69. The lowest BCUT2D eigenvalue weighted by molar-refractivity contribution is -0.384. The zero-order chi connectivity index (χ0) is 14.4. The second-order valence-corrected chi connectivity index (χ2v) is 4.04. The van der Waals surface area contributed by atoms with E-state index < -0.39 is 22.3 Å². The molecular formula is C11H11ClN2O5. The number of rotatable bonds is 5. The summed E-state index contributed by atoms with van der Waals surface area (Å²) in [4.78, 5) is 31.8. The molecule has 1 N–H and O–H groups in total. The van der Waals surface area contributed by atoms with E-state index in [-0.39, 0.29) is 12.3 Å². The molecule has 0 bridgehead atoms. The van der Waals surface area contributed by atoms with Gasteiger partial charge in [0.25, 0.3) is 5.69 Å². The van der Waals surface area contributed by atoms with E-state index in [2.05, 4.69) is 5.32 Å². The quantitative estimate of drug-likeness (QED) is 0.507. The minimum atomic E-state index is -0.842. The van der Waals surface area contributed by atoms with Crippen LogP contribution in [-0.2, 0) is 16.1 Å². The first-order valence-electron chi connectivity index (χ1n) is 5.26. The number of carbonyl (C=O) groups excluding carboxylic acids is 2. The monoisotopic (exact) mass is 286 g/mol. The Balaban J connectivity index is 2.46.